The van der Waals surface area contributed by atoms with Crippen LogP contribution in [0.4, 0.5) is 0 Å². The Kier molecular flexibility index (Phi) is 4.72. The fourth-order valence-electron chi connectivity index (χ4n) is 2.05. The average molecular weight is 274 g/mol. The van der Waals surface area contributed by atoms with E-state index in [9.17, 15) is 0 Å². The Morgan fingerprint density at radius 1 is 1.21 bits per heavy atom. The maximum atomic E-state index is 6.01. The predicted molar refractivity (Wildman–Crippen MR) is 83.3 cm³/mol. The van der Waals surface area contributed by atoms with E-state index in [2.05, 4.69) is 55.4 Å². The summed E-state index contributed by atoms with van der Waals surface area (Å²) in [5.41, 5.74) is 9.62. The van der Waals surface area contributed by atoms with Crippen LogP contribution in [-0.2, 0) is 6.42 Å². The molecule has 19 heavy (non-hydrogen) atoms. The lowest BCUT2D eigenvalue weighted by atomic mass is 10.0. The van der Waals surface area contributed by atoms with E-state index in [1.54, 1.807) is 11.3 Å². The third kappa shape index (κ3) is 3.64. The average Bonchev–Trinajstić information content (AvgIpc) is 2.87. The SMILES string of the molecule is CCC(N)c1nc(-c2ccc(CC(C)C)cc2)cs1. The lowest BCUT2D eigenvalue weighted by Crippen LogP contribution is -2.07. The fraction of sp³-hybridized carbons (Fsp3) is 0.438. The standard InChI is InChI=1S/C16H22N2S/c1-4-14(17)16-18-15(10-19-16)13-7-5-12(6-8-13)9-11(2)3/h5-8,10-11,14H,4,9,17H2,1-3H3. The van der Waals surface area contributed by atoms with Gasteiger partial charge < -0.3 is 5.73 Å². The van der Waals surface area contributed by atoms with Crippen molar-refractivity contribution in [2.75, 3.05) is 0 Å². The van der Waals surface area contributed by atoms with Crippen LogP contribution in [0.3, 0.4) is 0 Å². The van der Waals surface area contributed by atoms with Crippen LogP contribution in [0.25, 0.3) is 11.3 Å². The molecule has 1 heterocycles. The highest BCUT2D eigenvalue weighted by Gasteiger charge is 2.10. The Balaban J connectivity index is 2.15. The van der Waals surface area contributed by atoms with E-state index in [4.69, 9.17) is 5.73 Å². The molecular formula is C16H22N2S. The van der Waals surface area contributed by atoms with Crippen molar-refractivity contribution in [2.24, 2.45) is 11.7 Å². The molecule has 0 amide bonds. The first-order chi connectivity index (χ1) is 9.10. The van der Waals surface area contributed by atoms with Crippen LogP contribution >= 0.6 is 11.3 Å². The molecule has 1 unspecified atom stereocenters. The number of nitrogens with two attached hydrogens (primary N) is 1. The van der Waals surface area contributed by atoms with Gasteiger partial charge in [0.25, 0.3) is 0 Å². The number of hydrogen-bond acceptors (Lipinski definition) is 3. The van der Waals surface area contributed by atoms with Crippen molar-refractivity contribution in [2.45, 2.75) is 39.7 Å². The van der Waals surface area contributed by atoms with Gasteiger partial charge in [-0.1, -0.05) is 45.0 Å². The first kappa shape index (κ1) is 14.2. The van der Waals surface area contributed by atoms with Crippen molar-refractivity contribution in [3.63, 3.8) is 0 Å². The van der Waals surface area contributed by atoms with Crippen molar-refractivity contribution in [3.05, 3.63) is 40.2 Å². The number of hydrogen-bond donors (Lipinski definition) is 1. The number of aromatic nitrogens is 1. The highest BCUT2D eigenvalue weighted by atomic mass is 32.1. The summed E-state index contributed by atoms with van der Waals surface area (Å²) in [7, 11) is 0. The van der Waals surface area contributed by atoms with Crippen LogP contribution in [0.15, 0.2) is 29.6 Å². The molecular weight excluding hydrogens is 252 g/mol. The highest BCUT2D eigenvalue weighted by Crippen LogP contribution is 2.26. The summed E-state index contributed by atoms with van der Waals surface area (Å²) in [6.07, 6.45) is 2.06. The van der Waals surface area contributed by atoms with Crippen molar-refractivity contribution in [1.82, 2.24) is 4.98 Å². The van der Waals surface area contributed by atoms with E-state index in [0.717, 1.165) is 23.5 Å². The van der Waals surface area contributed by atoms with Gasteiger partial charge in [0, 0.05) is 10.9 Å². The molecule has 1 atom stereocenters. The fourth-order valence-corrected chi connectivity index (χ4v) is 2.96. The van der Waals surface area contributed by atoms with Gasteiger partial charge in [-0.2, -0.15) is 0 Å². The minimum atomic E-state index is 0.0685. The van der Waals surface area contributed by atoms with Crippen molar-refractivity contribution in [1.29, 1.82) is 0 Å². The minimum absolute atomic E-state index is 0.0685. The Morgan fingerprint density at radius 2 is 1.89 bits per heavy atom. The molecule has 0 fully saturated rings. The zero-order valence-electron chi connectivity index (χ0n) is 11.9. The van der Waals surface area contributed by atoms with Crippen molar-refractivity contribution < 1.29 is 0 Å². The number of nitrogens with zero attached hydrogens (tertiary/aromatic N) is 1. The summed E-state index contributed by atoms with van der Waals surface area (Å²) in [6, 6.07) is 8.79. The Bertz CT molecular complexity index is 514. The van der Waals surface area contributed by atoms with E-state index in [0.29, 0.717) is 5.92 Å². The van der Waals surface area contributed by atoms with Crippen LogP contribution in [0.1, 0.15) is 43.8 Å². The molecule has 2 nitrogen and oxygen atoms in total. The zero-order valence-corrected chi connectivity index (χ0v) is 12.7. The summed E-state index contributed by atoms with van der Waals surface area (Å²) in [4.78, 5) is 4.64. The Labute approximate surface area is 119 Å². The highest BCUT2D eigenvalue weighted by molar-refractivity contribution is 7.10. The number of rotatable bonds is 5. The summed E-state index contributed by atoms with van der Waals surface area (Å²) in [5, 5.41) is 3.13. The van der Waals surface area contributed by atoms with Crippen LogP contribution < -0.4 is 5.73 Å². The predicted octanol–water partition coefficient (Wildman–Crippen LogP) is 4.42. The second kappa shape index (κ2) is 6.31. The molecule has 3 heteroatoms. The molecule has 0 saturated carbocycles. The van der Waals surface area contributed by atoms with Gasteiger partial charge in [-0.3, -0.25) is 0 Å². The van der Waals surface area contributed by atoms with Crippen LogP contribution in [0.5, 0.6) is 0 Å². The third-order valence-corrected chi connectivity index (χ3v) is 4.15. The van der Waals surface area contributed by atoms with E-state index in [1.807, 2.05) is 0 Å². The molecule has 2 rings (SSSR count). The lowest BCUT2D eigenvalue weighted by molar-refractivity contribution is 0.647. The second-order valence-corrected chi connectivity index (χ2v) is 6.27. The van der Waals surface area contributed by atoms with Gasteiger partial charge in [0.15, 0.2) is 0 Å². The van der Waals surface area contributed by atoms with Gasteiger partial charge in [-0.25, -0.2) is 4.98 Å². The first-order valence-electron chi connectivity index (χ1n) is 6.90. The molecule has 0 aliphatic rings. The summed E-state index contributed by atoms with van der Waals surface area (Å²) >= 11 is 1.66. The first-order valence-corrected chi connectivity index (χ1v) is 7.78. The van der Waals surface area contributed by atoms with Gasteiger partial charge in [0.05, 0.1) is 11.7 Å². The number of thiazole rings is 1. The molecule has 0 aliphatic carbocycles. The summed E-state index contributed by atoms with van der Waals surface area (Å²) in [5.74, 6) is 0.694. The van der Waals surface area contributed by atoms with Crippen LogP contribution in [0, 0.1) is 5.92 Å². The quantitative estimate of drug-likeness (QED) is 0.876. The molecule has 0 spiro atoms. The van der Waals surface area contributed by atoms with Gasteiger partial charge in [-0.05, 0) is 24.3 Å². The van der Waals surface area contributed by atoms with Crippen LogP contribution in [0.2, 0.25) is 0 Å². The molecule has 0 bridgehead atoms. The molecule has 0 radical (unpaired) electrons. The summed E-state index contributed by atoms with van der Waals surface area (Å²) < 4.78 is 0. The van der Waals surface area contributed by atoms with E-state index in [-0.39, 0.29) is 6.04 Å². The third-order valence-electron chi connectivity index (χ3n) is 3.17. The normalized spacial score (nSPS) is 12.9. The van der Waals surface area contributed by atoms with E-state index >= 15 is 0 Å². The molecule has 0 aliphatic heterocycles. The minimum Gasteiger partial charge on any atom is -0.322 e. The smallest absolute Gasteiger partial charge is 0.110 e. The van der Waals surface area contributed by atoms with Gasteiger partial charge in [0.2, 0.25) is 0 Å². The van der Waals surface area contributed by atoms with Crippen molar-refractivity contribution in [3.8, 4) is 11.3 Å². The monoisotopic (exact) mass is 274 g/mol. The molecule has 2 N–H and O–H groups in total. The van der Waals surface area contributed by atoms with E-state index in [1.165, 1.54) is 11.1 Å². The molecule has 102 valence electrons. The van der Waals surface area contributed by atoms with E-state index < -0.39 is 0 Å². The Hall–Kier alpha value is -1.19. The molecule has 1 aromatic heterocycles. The second-order valence-electron chi connectivity index (χ2n) is 5.38. The van der Waals surface area contributed by atoms with Crippen LogP contribution in [-0.4, -0.2) is 4.98 Å². The molecule has 0 saturated heterocycles. The van der Waals surface area contributed by atoms with Gasteiger partial charge in [-0.15, -0.1) is 11.3 Å². The lowest BCUT2D eigenvalue weighted by Gasteiger charge is -2.05. The zero-order chi connectivity index (χ0) is 13.8. The van der Waals surface area contributed by atoms with Crippen molar-refractivity contribution >= 4 is 11.3 Å². The maximum absolute atomic E-state index is 6.01. The van der Waals surface area contributed by atoms with Gasteiger partial charge >= 0.3 is 0 Å². The number of benzene rings is 1. The largest absolute Gasteiger partial charge is 0.322 e. The maximum Gasteiger partial charge on any atom is 0.110 e. The summed E-state index contributed by atoms with van der Waals surface area (Å²) in [6.45, 7) is 6.58. The molecule has 2 aromatic rings. The molecule has 1 aromatic carbocycles. The van der Waals surface area contributed by atoms with Gasteiger partial charge in [0.1, 0.15) is 5.01 Å². The topological polar surface area (TPSA) is 38.9 Å². The Morgan fingerprint density at radius 3 is 2.47 bits per heavy atom.